The molecule has 2 aromatic rings. The van der Waals surface area contributed by atoms with Gasteiger partial charge in [-0.1, -0.05) is 12.1 Å². The molecule has 0 bridgehead atoms. The second kappa shape index (κ2) is 5.29. The average Bonchev–Trinajstić information content (AvgIpc) is 2.74. The van der Waals surface area contributed by atoms with Gasteiger partial charge in [-0.2, -0.15) is 5.10 Å². The summed E-state index contributed by atoms with van der Waals surface area (Å²) in [5.74, 6) is 0. The van der Waals surface area contributed by atoms with E-state index in [1.807, 2.05) is 0 Å². The minimum absolute atomic E-state index is 0.0787. The van der Waals surface area contributed by atoms with Gasteiger partial charge in [0.15, 0.2) is 0 Å². The van der Waals surface area contributed by atoms with E-state index in [-0.39, 0.29) is 4.90 Å². The number of sulfonamides is 1. The Kier molecular flexibility index (Phi) is 3.72. The van der Waals surface area contributed by atoms with Crippen LogP contribution in [0.5, 0.6) is 0 Å². The third-order valence-corrected chi connectivity index (χ3v) is 3.47. The highest BCUT2D eigenvalue weighted by atomic mass is 32.2. The molecule has 0 amide bonds. The molecule has 102 valence electrons. The third-order valence-electron chi connectivity index (χ3n) is 2.50. The fraction of sp³-hybridized carbons (Fsp3) is 0.182. The smallest absolute Gasteiger partial charge is 0.240 e. The second-order valence-corrected chi connectivity index (χ2v) is 5.53. The molecule has 0 saturated heterocycles. The van der Waals surface area contributed by atoms with Crippen LogP contribution in [0, 0.1) is 0 Å². The van der Waals surface area contributed by atoms with Crippen molar-refractivity contribution in [1.29, 1.82) is 0 Å². The van der Waals surface area contributed by atoms with Crippen LogP contribution in [0.4, 0.5) is 11.4 Å². The molecule has 0 spiro atoms. The lowest BCUT2D eigenvalue weighted by Gasteiger charge is -2.10. The molecule has 7 nitrogen and oxygen atoms in total. The topological polar surface area (TPSA) is 116 Å². The highest BCUT2D eigenvalue weighted by Crippen LogP contribution is 2.18. The molecule has 8 heteroatoms. The van der Waals surface area contributed by atoms with Gasteiger partial charge in [0.1, 0.15) is 4.90 Å². The van der Waals surface area contributed by atoms with Gasteiger partial charge in [-0.15, -0.1) is 0 Å². The van der Waals surface area contributed by atoms with Gasteiger partial charge < -0.3 is 11.1 Å². The van der Waals surface area contributed by atoms with Crippen LogP contribution in [-0.2, 0) is 16.6 Å². The zero-order valence-electron chi connectivity index (χ0n) is 10.2. The maximum atomic E-state index is 11.4. The van der Waals surface area contributed by atoms with Gasteiger partial charge in [-0.05, 0) is 12.1 Å². The van der Waals surface area contributed by atoms with Crippen LogP contribution < -0.4 is 16.2 Å². The van der Waals surface area contributed by atoms with E-state index in [0.29, 0.717) is 24.5 Å². The summed E-state index contributed by atoms with van der Waals surface area (Å²) < 4.78 is 24.5. The van der Waals surface area contributed by atoms with Crippen molar-refractivity contribution in [2.45, 2.75) is 11.4 Å². The maximum Gasteiger partial charge on any atom is 0.240 e. The Bertz CT molecular complexity index is 665. The number of hydrogen-bond donors (Lipinski definition) is 3. The van der Waals surface area contributed by atoms with E-state index in [1.54, 1.807) is 35.3 Å². The first-order valence-corrected chi connectivity index (χ1v) is 7.15. The fourth-order valence-corrected chi connectivity index (χ4v) is 2.38. The lowest BCUT2D eigenvalue weighted by Crippen LogP contribution is -2.17. The summed E-state index contributed by atoms with van der Waals surface area (Å²) in [7, 11) is -3.73. The van der Waals surface area contributed by atoms with Crippen LogP contribution in [0.15, 0.2) is 41.6 Å². The van der Waals surface area contributed by atoms with Crippen molar-refractivity contribution in [1.82, 2.24) is 9.78 Å². The van der Waals surface area contributed by atoms with E-state index in [4.69, 9.17) is 10.9 Å². The zero-order valence-corrected chi connectivity index (χ0v) is 11.0. The molecule has 1 aromatic carbocycles. The van der Waals surface area contributed by atoms with E-state index >= 15 is 0 Å². The Hall–Kier alpha value is -2.06. The molecule has 0 atom stereocenters. The van der Waals surface area contributed by atoms with Gasteiger partial charge in [-0.3, -0.25) is 4.68 Å². The number of nitrogens with two attached hydrogens (primary N) is 2. The first kappa shape index (κ1) is 13.4. The van der Waals surface area contributed by atoms with Crippen molar-refractivity contribution in [2.24, 2.45) is 5.14 Å². The summed E-state index contributed by atoms with van der Waals surface area (Å²) in [6.07, 6.45) is 3.26. The van der Waals surface area contributed by atoms with Crippen LogP contribution in [0.3, 0.4) is 0 Å². The summed E-state index contributed by atoms with van der Waals surface area (Å²) in [5, 5.41) is 12.2. The van der Waals surface area contributed by atoms with Crippen molar-refractivity contribution in [2.75, 3.05) is 17.6 Å². The normalized spacial score (nSPS) is 11.4. The van der Waals surface area contributed by atoms with E-state index in [0.717, 1.165) is 0 Å². The predicted octanol–water partition coefficient (Wildman–Crippen LogP) is 0.225. The largest absolute Gasteiger partial charge is 0.396 e. The number of primary sulfonamides is 1. The van der Waals surface area contributed by atoms with E-state index in [1.165, 1.54) is 6.07 Å². The zero-order chi connectivity index (χ0) is 13.9. The van der Waals surface area contributed by atoms with Crippen molar-refractivity contribution >= 4 is 21.4 Å². The molecular formula is C11H15N5O2S. The fourth-order valence-electron chi connectivity index (χ4n) is 1.67. The number of nitrogens with one attached hydrogen (secondary N) is 1. The van der Waals surface area contributed by atoms with E-state index in [9.17, 15) is 8.42 Å². The number of aromatic nitrogens is 2. The number of nitrogens with zero attached hydrogens (tertiary/aromatic N) is 2. The Labute approximate surface area is 111 Å². The third kappa shape index (κ3) is 3.46. The van der Waals surface area contributed by atoms with Gasteiger partial charge in [0.25, 0.3) is 0 Å². The summed E-state index contributed by atoms with van der Waals surface area (Å²) in [6.45, 7) is 1.07. The Morgan fingerprint density at radius 1 is 1.32 bits per heavy atom. The quantitative estimate of drug-likeness (QED) is 0.725. The summed E-state index contributed by atoms with van der Waals surface area (Å²) in [6, 6.07) is 6.49. The highest BCUT2D eigenvalue weighted by molar-refractivity contribution is 7.89. The average molecular weight is 281 g/mol. The molecule has 0 aliphatic rings. The lowest BCUT2D eigenvalue weighted by molar-refractivity contribution is 0.597. The van der Waals surface area contributed by atoms with Gasteiger partial charge in [0.2, 0.25) is 10.0 Å². The standard InChI is InChI=1S/C11H15N5O2S/c12-9-7-15-16(8-9)6-5-14-10-3-1-2-4-11(10)19(13,17)18/h1-4,7-8,14H,5-6,12H2,(H2,13,17,18). The number of anilines is 2. The minimum Gasteiger partial charge on any atom is -0.396 e. The summed E-state index contributed by atoms with van der Waals surface area (Å²) >= 11 is 0. The van der Waals surface area contributed by atoms with Crippen molar-refractivity contribution < 1.29 is 8.42 Å². The molecule has 0 unspecified atom stereocenters. The molecule has 1 heterocycles. The van der Waals surface area contributed by atoms with Gasteiger partial charge in [0, 0.05) is 12.7 Å². The number of para-hydroxylation sites is 1. The Morgan fingerprint density at radius 3 is 2.68 bits per heavy atom. The van der Waals surface area contributed by atoms with Crippen LogP contribution in [0.1, 0.15) is 0 Å². The highest BCUT2D eigenvalue weighted by Gasteiger charge is 2.12. The van der Waals surface area contributed by atoms with Crippen LogP contribution in [0.2, 0.25) is 0 Å². The van der Waals surface area contributed by atoms with E-state index < -0.39 is 10.0 Å². The van der Waals surface area contributed by atoms with Crippen molar-refractivity contribution in [3.8, 4) is 0 Å². The monoisotopic (exact) mass is 281 g/mol. The Morgan fingerprint density at radius 2 is 2.05 bits per heavy atom. The lowest BCUT2D eigenvalue weighted by atomic mass is 10.3. The number of benzene rings is 1. The SMILES string of the molecule is Nc1cnn(CCNc2ccccc2S(N)(=O)=O)c1. The van der Waals surface area contributed by atoms with Crippen molar-refractivity contribution in [3.05, 3.63) is 36.7 Å². The second-order valence-electron chi connectivity index (χ2n) is 4.00. The Balaban J connectivity index is 2.04. The van der Waals surface area contributed by atoms with Crippen LogP contribution >= 0.6 is 0 Å². The first-order chi connectivity index (χ1) is 8.97. The molecule has 0 aliphatic heterocycles. The molecule has 0 saturated carbocycles. The molecular weight excluding hydrogens is 266 g/mol. The molecule has 0 aliphatic carbocycles. The number of rotatable bonds is 5. The molecule has 0 fully saturated rings. The summed E-state index contributed by atoms with van der Waals surface area (Å²) in [4.78, 5) is 0.0787. The van der Waals surface area contributed by atoms with Gasteiger partial charge in [0.05, 0.1) is 24.1 Å². The molecule has 2 rings (SSSR count). The van der Waals surface area contributed by atoms with Crippen LogP contribution in [-0.4, -0.2) is 24.7 Å². The van der Waals surface area contributed by atoms with Crippen LogP contribution in [0.25, 0.3) is 0 Å². The maximum absolute atomic E-state index is 11.4. The first-order valence-electron chi connectivity index (χ1n) is 5.60. The predicted molar refractivity (Wildman–Crippen MR) is 72.9 cm³/mol. The summed E-state index contributed by atoms with van der Waals surface area (Å²) in [5.41, 5.74) is 6.61. The number of hydrogen-bond acceptors (Lipinski definition) is 5. The molecule has 19 heavy (non-hydrogen) atoms. The molecule has 1 aromatic heterocycles. The van der Waals surface area contributed by atoms with Gasteiger partial charge in [-0.25, -0.2) is 13.6 Å². The number of nitrogen functional groups attached to an aromatic ring is 1. The molecule has 5 N–H and O–H groups in total. The van der Waals surface area contributed by atoms with Crippen molar-refractivity contribution in [3.63, 3.8) is 0 Å². The van der Waals surface area contributed by atoms with E-state index in [2.05, 4.69) is 10.4 Å². The van der Waals surface area contributed by atoms with Gasteiger partial charge >= 0.3 is 0 Å². The molecule has 0 radical (unpaired) electrons. The minimum atomic E-state index is -3.73.